The van der Waals surface area contributed by atoms with E-state index in [2.05, 4.69) is 30.6 Å². The summed E-state index contributed by atoms with van der Waals surface area (Å²) >= 11 is 0. The van der Waals surface area contributed by atoms with Crippen LogP contribution in [0.1, 0.15) is 5.56 Å². The van der Waals surface area contributed by atoms with Crippen LogP contribution in [0.2, 0.25) is 0 Å². The Morgan fingerprint density at radius 1 is 1.07 bits per heavy atom. The lowest BCUT2D eigenvalue weighted by molar-refractivity contribution is 0.398. The molecule has 28 heavy (non-hydrogen) atoms. The number of hydrogen-bond donors (Lipinski definition) is 1. The third kappa shape index (κ3) is 3.45. The van der Waals surface area contributed by atoms with Gasteiger partial charge in [0.2, 0.25) is 5.88 Å². The number of methoxy groups -OCH3 is 2. The van der Waals surface area contributed by atoms with Gasteiger partial charge >= 0.3 is 0 Å². The van der Waals surface area contributed by atoms with Crippen LogP contribution in [0.25, 0.3) is 16.7 Å². The van der Waals surface area contributed by atoms with Crippen LogP contribution in [0.15, 0.2) is 60.2 Å². The third-order valence-corrected chi connectivity index (χ3v) is 4.02. The maximum atomic E-state index is 5.28. The van der Waals surface area contributed by atoms with Crippen molar-refractivity contribution in [1.82, 2.24) is 24.7 Å². The fourth-order valence-electron chi connectivity index (χ4n) is 2.65. The van der Waals surface area contributed by atoms with Gasteiger partial charge in [0.25, 0.3) is 0 Å². The first-order valence-corrected chi connectivity index (χ1v) is 8.41. The van der Waals surface area contributed by atoms with Gasteiger partial charge in [-0.1, -0.05) is 6.07 Å². The molecule has 0 saturated carbocycles. The molecule has 0 aliphatic rings. The number of benzene rings is 1. The number of nitrogens with zero attached hydrogens (tertiary/aromatic N) is 6. The van der Waals surface area contributed by atoms with Crippen LogP contribution >= 0.6 is 0 Å². The molecule has 9 nitrogen and oxygen atoms in total. The Kier molecular flexibility index (Phi) is 4.79. The molecule has 0 bridgehead atoms. The predicted molar refractivity (Wildman–Crippen MR) is 105 cm³/mol. The van der Waals surface area contributed by atoms with Crippen molar-refractivity contribution in [3.05, 3.63) is 60.7 Å². The van der Waals surface area contributed by atoms with E-state index < -0.39 is 0 Å². The monoisotopic (exact) mass is 375 g/mol. The number of aromatic nitrogens is 5. The van der Waals surface area contributed by atoms with Crippen LogP contribution < -0.4 is 14.9 Å². The number of fused-ring (bicyclic) bond motifs is 1. The van der Waals surface area contributed by atoms with Crippen LogP contribution in [0.3, 0.4) is 0 Å². The number of rotatable bonds is 6. The average Bonchev–Trinajstić information content (AvgIpc) is 3.19. The Bertz CT molecular complexity index is 1140. The van der Waals surface area contributed by atoms with E-state index in [0.717, 1.165) is 22.4 Å². The van der Waals surface area contributed by atoms with Gasteiger partial charge in [-0.3, -0.25) is 5.43 Å². The maximum Gasteiger partial charge on any atom is 0.213 e. The molecule has 0 spiro atoms. The molecule has 0 aliphatic carbocycles. The van der Waals surface area contributed by atoms with E-state index in [1.165, 1.54) is 6.33 Å². The van der Waals surface area contributed by atoms with Crippen molar-refractivity contribution in [2.24, 2.45) is 5.10 Å². The summed E-state index contributed by atoms with van der Waals surface area (Å²) in [6.45, 7) is 0. The Morgan fingerprint density at radius 3 is 2.86 bits per heavy atom. The van der Waals surface area contributed by atoms with Crippen molar-refractivity contribution in [3.8, 4) is 17.3 Å². The van der Waals surface area contributed by atoms with Crippen molar-refractivity contribution in [2.75, 3.05) is 19.6 Å². The topological polar surface area (TPSA) is 99.3 Å². The first-order chi connectivity index (χ1) is 13.8. The number of pyridine rings is 1. The van der Waals surface area contributed by atoms with Crippen molar-refractivity contribution < 1.29 is 9.47 Å². The van der Waals surface area contributed by atoms with Crippen molar-refractivity contribution >= 4 is 23.1 Å². The van der Waals surface area contributed by atoms with E-state index in [9.17, 15) is 0 Å². The molecule has 3 aromatic heterocycles. The third-order valence-electron chi connectivity index (χ3n) is 4.02. The molecule has 3 heterocycles. The minimum atomic E-state index is 0.521. The first-order valence-electron chi connectivity index (χ1n) is 8.41. The molecule has 4 aromatic rings. The SMILES string of the molecule is COc1cccc(-n2ncc3c(N/N=C/c4ccnc(OC)c4)ncnc32)c1. The van der Waals surface area contributed by atoms with Gasteiger partial charge in [0.05, 0.1) is 37.7 Å². The summed E-state index contributed by atoms with van der Waals surface area (Å²) in [6.07, 6.45) is 6.47. The second-order valence-electron chi connectivity index (χ2n) is 5.72. The molecule has 0 fully saturated rings. The maximum absolute atomic E-state index is 5.28. The molecule has 140 valence electrons. The summed E-state index contributed by atoms with van der Waals surface area (Å²) in [4.78, 5) is 12.7. The van der Waals surface area contributed by atoms with Gasteiger partial charge in [0.1, 0.15) is 12.1 Å². The average molecular weight is 375 g/mol. The van der Waals surface area contributed by atoms with Crippen LogP contribution in [-0.2, 0) is 0 Å². The van der Waals surface area contributed by atoms with Crippen molar-refractivity contribution in [3.63, 3.8) is 0 Å². The van der Waals surface area contributed by atoms with Gasteiger partial charge in [0, 0.05) is 23.9 Å². The van der Waals surface area contributed by atoms with Crippen LogP contribution in [0.4, 0.5) is 5.82 Å². The van der Waals surface area contributed by atoms with E-state index in [1.807, 2.05) is 30.3 Å². The number of hydrazone groups is 1. The van der Waals surface area contributed by atoms with Crippen LogP contribution in [0.5, 0.6) is 11.6 Å². The van der Waals surface area contributed by atoms with Crippen LogP contribution in [0, 0.1) is 0 Å². The van der Waals surface area contributed by atoms with Crippen LogP contribution in [-0.4, -0.2) is 45.2 Å². The summed E-state index contributed by atoms with van der Waals surface area (Å²) < 4.78 is 12.1. The lowest BCUT2D eigenvalue weighted by Crippen LogP contribution is -2.00. The van der Waals surface area contributed by atoms with Gasteiger partial charge in [0.15, 0.2) is 11.5 Å². The fraction of sp³-hybridized carbons (Fsp3) is 0.105. The Balaban J connectivity index is 1.62. The number of hydrogen-bond acceptors (Lipinski definition) is 8. The van der Waals surface area contributed by atoms with E-state index >= 15 is 0 Å². The molecule has 0 unspecified atom stereocenters. The van der Waals surface area contributed by atoms with Gasteiger partial charge in [-0.2, -0.15) is 10.2 Å². The molecular formula is C19H17N7O2. The first kappa shape index (κ1) is 17.4. The highest BCUT2D eigenvalue weighted by Crippen LogP contribution is 2.23. The highest BCUT2D eigenvalue weighted by molar-refractivity contribution is 5.88. The van der Waals surface area contributed by atoms with Gasteiger partial charge in [-0.25, -0.2) is 19.6 Å². The van der Waals surface area contributed by atoms with Gasteiger partial charge < -0.3 is 9.47 Å². The Labute approximate surface area is 160 Å². The normalized spacial score (nSPS) is 11.1. The Hall–Kier alpha value is -4.01. The zero-order chi connectivity index (χ0) is 19.3. The minimum absolute atomic E-state index is 0.521. The lowest BCUT2D eigenvalue weighted by Gasteiger charge is -2.06. The fourth-order valence-corrected chi connectivity index (χ4v) is 2.65. The lowest BCUT2D eigenvalue weighted by atomic mass is 10.3. The second-order valence-corrected chi connectivity index (χ2v) is 5.72. The standard InChI is InChI=1S/C19H17N7O2/c1-27-15-5-3-4-14(9-15)26-19-16(11-24-26)18(21-12-22-19)25-23-10-13-6-7-20-17(8-13)28-2/h3-12H,1-2H3,(H,21,22,25)/b23-10+. The zero-order valence-electron chi connectivity index (χ0n) is 15.3. The molecule has 0 radical (unpaired) electrons. The van der Waals surface area contributed by atoms with Crippen molar-refractivity contribution in [1.29, 1.82) is 0 Å². The molecule has 0 saturated heterocycles. The summed E-state index contributed by atoms with van der Waals surface area (Å²) in [6, 6.07) is 11.2. The second kappa shape index (κ2) is 7.70. The van der Waals surface area contributed by atoms with Gasteiger partial charge in [-0.15, -0.1) is 0 Å². The molecule has 9 heteroatoms. The molecule has 0 aliphatic heterocycles. The Morgan fingerprint density at radius 2 is 2.00 bits per heavy atom. The summed E-state index contributed by atoms with van der Waals surface area (Å²) in [5, 5.41) is 9.42. The van der Waals surface area contributed by atoms with Crippen molar-refractivity contribution in [2.45, 2.75) is 0 Å². The smallest absolute Gasteiger partial charge is 0.213 e. The zero-order valence-corrected chi connectivity index (χ0v) is 15.3. The number of nitrogens with one attached hydrogen (secondary N) is 1. The van der Waals surface area contributed by atoms with E-state index in [1.54, 1.807) is 43.6 Å². The number of anilines is 1. The molecular weight excluding hydrogens is 358 g/mol. The highest BCUT2D eigenvalue weighted by atomic mass is 16.5. The molecule has 0 atom stereocenters. The van der Waals surface area contributed by atoms with E-state index in [0.29, 0.717) is 17.3 Å². The molecule has 0 amide bonds. The minimum Gasteiger partial charge on any atom is -0.497 e. The van der Waals surface area contributed by atoms with E-state index in [-0.39, 0.29) is 0 Å². The largest absolute Gasteiger partial charge is 0.497 e. The molecule has 4 rings (SSSR count). The summed E-state index contributed by atoms with van der Waals surface area (Å²) in [7, 11) is 3.19. The number of ether oxygens (including phenoxy) is 2. The summed E-state index contributed by atoms with van der Waals surface area (Å²) in [5.74, 6) is 1.82. The molecule has 1 aromatic carbocycles. The van der Waals surface area contributed by atoms with Gasteiger partial charge in [-0.05, 0) is 18.2 Å². The predicted octanol–water partition coefficient (Wildman–Crippen LogP) is 2.67. The highest BCUT2D eigenvalue weighted by Gasteiger charge is 2.11. The summed E-state index contributed by atoms with van der Waals surface area (Å²) in [5.41, 5.74) is 5.28. The quantitative estimate of drug-likeness (QED) is 0.408. The molecule has 1 N–H and O–H groups in total. The van der Waals surface area contributed by atoms with E-state index in [4.69, 9.17) is 9.47 Å².